The lowest BCUT2D eigenvalue weighted by Gasteiger charge is -2.44. The van der Waals surface area contributed by atoms with Gasteiger partial charge in [0.05, 0.1) is 6.04 Å². The molecule has 1 aliphatic rings. The zero-order valence-electron chi connectivity index (χ0n) is 11.6. The Morgan fingerprint density at radius 1 is 1.16 bits per heavy atom. The fourth-order valence-electron chi connectivity index (χ4n) is 2.80. The van der Waals surface area contributed by atoms with Gasteiger partial charge in [-0.1, -0.05) is 12.5 Å². The van der Waals surface area contributed by atoms with E-state index in [1.165, 1.54) is 18.6 Å². The average Bonchev–Trinajstić information content (AvgIpc) is 2.39. The standard InChI is InChI=1S/C15H22F2N2/c1-15(2,19-8-4-3-5-9-19)14(18)12-7-6-11(16)10-13(12)17/h6-7,10,14H,3-5,8-9,18H2,1-2H3. The summed E-state index contributed by atoms with van der Waals surface area (Å²) >= 11 is 0. The fraction of sp³-hybridized carbons (Fsp3) is 0.600. The molecule has 1 aromatic carbocycles. The van der Waals surface area contributed by atoms with E-state index in [0.29, 0.717) is 5.56 Å². The first kappa shape index (κ1) is 14.4. The smallest absolute Gasteiger partial charge is 0.130 e. The molecular weight excluding hydrogens is 246 g/mol. The second-order valence-corrected chi connectivity index (χ2v) is 5.84. The van der Waals surface area contributed by atoms with Gasteiger partial charge in [0.1, 0.15) is 11.6 Å². The molecule has 19 heavy (non-hydrogen) atoms. The SMILES string of the molecule is CC(C)(C(N)c1ccc(F)cc1F)N1CCCCC1. The highest BCUT2D eigenvalue weighted by atomic mass is 19.1. The van der Waals surface area contributed by atoms with Crippen molar-refractivity contribution in [3.8, 4) is 0 Å². The molecule has 1 atom stereocenters. The first-order chi connectivity index (χ1) is 8.93. The minimum atomic E-state index is -0.566. The van der Waals surface area contributed by atoms with Crippen LogP contribution in [0.25, 0.3) is 0 Å². The molecule has 4 heteroatoms. The minimum Gasteiger partial charge on any atom is -0.322 e. The lowest BCUT2D eigenvalue weighted by Crippen LogP contribution is -2.53. The Bertz CT molecular complexity index is 440. The number of nitrogens with two attached hydrogens (primary N) is 1. The number of likely N-dealkylation sites (tertiary alicyclic amines) is 1. The van der Waals surface area contributed by atoms with E-state index in [1.807, 2.05) is 13.8 Å². The number of piperidine rings is 1. The predicted molar refractivity (Wildman–Crippen MR) is 72.8 cm³/mol. The topological polar surface area (TPSA) is 29.3 Å². The summed E-state index contributed by atoms with van der Waals surface area (Å²) in [4.78, 5) is 2.31. The zero-order valence-corrected chi connectivity index (χ0v) is 11.6. The summed E-state index contributed by atoms with van der Waals surface area (Å²) in [6.45, 7) is 6.05. The molecule has 1 fully saturated rings. The van der Waals surface area contributed by atoms with Crippen LogP contribution in [0.4, 0.5) is 8.78 Å². The Balaban J connectivity index is 2.23. The van der Waals surface area contributed by atoms with Gasteiger partial charge in [-0.05, 0) is 45.8 Å². The van der Waals surface area contributed by atoms with Crippen LogP contribution in [-0.2, 0) is 0 Å². The molecule has 0 bridgehead atoms. The van der Waals surface area contributed by atoms with E-state index in [2.05, 4.69) is 4.90 Å². The van der Waals surface area contributed by atoms with Gasteiger partial charge in [-0.25, -0.2) is 8.78 Å². The lowest BCUT2D eigenvalue weighted by atomic mass is 9.86. The molecular formula is C15H22F2N2. The second-order valence-electron chi connectivity index (χ2n) is 5.84. The van der Waals surface area contributed by atoms with Crippen molar-refractivity contribution in [2.45, 2.75) is 44.7 Å². The van der Waals surface area contributed by atoms with E-state index in [4.69, 9.17) is 5.73 Å². The molecule has 0 aromatic heterocycles. The van der Waals surface area contributed by atoms with Crippen LogP contribution in [0, 0.1) is 11.6 Å². The van der Waals surface area contributed by atoms with Crippen LogP contribution in [0.2, 0.25) is 0 Å². The molecule has 2 nitrogen and oxygen atoms in total. The van der Waals surface area contributed by atoms with Crippen LogP contribution in [0.1, 0.15) is 44.7 Å². The van der Waals surface area contributed by atoms with E-state index in [9.17, 15) is 8.78 Å². The summed E-state index contributed by atoms with van der Waals surface area (Å²) in [5, 5.41) is 0. The minimum absolute atomic E-state index is 0.334. The third-order valence-corrected chi connectivity index (χ3v) is 4.23. The predicted octanol–water partition coefficient (Wildman–Crippen LogP) is 3.23. The third kappa shape index (κ3) is 2.95. The molecule has 1 heterocycles. The normalized spacial score (nSPS) is 19.4. The van der Waals surface area contributed by atoms with Crippen molar-refractivity contribution >= 4 is 0 Å². The van der Waals surface area contributed by atoms with Crippen molar-refractivity contribution in [1.29, 1.82) is 0 Å². The molecule has 2 rings (SSSR count). The highest BCUT2D eigenvalue weighted by Crippen LogP contribution is 2.32. The van der Waals surface area contributed by atoms with Gasteiger partial charge in [0.25, 0.3) is 0 Å². The fourth-order valence-corrected chi connectivity index (χ4v) is 2.80. The lowest BCUT2D eigenvalue weighted by molar-refractivity contribution is 0.0719. The van der Waals surface area contributed by atoms with Gasteiger partial charge >= 0.3 is 0 Å². The van der Waals surface area contributed by atoms with Crippen molar-refractivity contribution in [2.75, 3.05) is 13.1 Å². The summed E-state index contributed by atoms with van der Waals surface area (Å²) < 4.78 is 26.8. The van der Waals surface area contributed by atoms with Gasteiger partial charge in [-0.15, -0.1) is 0 Å². The molecule has 0 amide bonds. The number of benzene rings is 1. The van der Waals surface area contributed by atoms with Crippen LogP contribution in [-0.4, -0.2) is 23.5 Å². The van der Waals surface area contributed by atoms with Crippen molar-refractivity contribution < 1.29 is 8.78 Å². The molecule has 1 aromatic rings. The molecule has 0 spiro atoms. The van der Waals surface area contributed by atoms with Crippen LogP contribution < -0.4 is 5.73 Å². The van der Waals surface area contributed by atoms with Crippen LogP contribution in [0.5, 0.6) is 0 Å². The monoisotopic (exact) mass is 268 g/mol. The van der Waals surface area contributed by atoms with Crippen molar-refractivity contribution in [3.63, 3.8) is 0 Å². The highest BCUT2D eigenvalue weighted by molar-refractivity contribution is 5.25. The Morgan fingerprint density at radius 2 is 1.79 bits per heavy atom. The zero-order chi connectivity index (χ0) is 14.0. The quantitative estimate of drug-likeness (QED) is 0.912. The Hall–Kier alpha value is -1.00. The summed E-state index contributed by atoms with van der Waals surface area (Å²) in [5.74, 6) is -1.12. The summed E-state index contributed by atoms with van der Waals surface area (Å²) in [6.07, 6.45) is 3.55. The number of nitrogens with zero attached hydrogens (tertiary/aromatic N) is 1. The van der Waals surface area contributed by atoms with E-state index >= 15 is 0 Å². The van der Waals surface area contributed by atoms with E-state index in [1.54, 1.807) is 0 Å². The second kappa shape index (κ2) is 5.55. The van der Waals surface area contributed by atoms with E-state index in [0.717, 1.165) is 32.0 Å². The molecule has 1 saturated heterocycles. The van der Waals surface area contributed by atoms with Crippen LogP contribution in [0.15, 0.2) is 18.2 Å². The first-order valence-corrected chi connectivity index (χ1v) is 6.88. The first-order valence-electron chi connectivity index (χ1n) is 6.88. The van der Waals surface area contributed by atoms with Gasteiger partial charge in [0.15, 0.2) is 0 Å². The summed E-state index contributed by atoms with van der Waals surface area (Å²) in [7, 11) is 0. The van der Waals surface area contributed by atoms with E-state index < -0.39 is 17.7 Å². The Labute approximate surface area is 113 Å². The van der Waals surface area contributed by atoms with Crippen molar-refractivity contribution in [3.05, 3.63) is 35.4 Å². The molecule has 0 aliphatic carbocycles. The van der Waals surface area contributed by atoms with E-state index in [-0.39, 0.29) is 5.54 Å². The maximum absolute atomic E-state index is 13.9. The summed E-state index contributed by atoms with van der Waals surface area (Å²) in [6, 6.07) is 3.17. The Kier molecular flexibility index (Phi) is 4.21. The van der Waals surface area contributed by atoms with Gasteiger partial charge in [-0.2, -0.15) is 0 Å². The largest absolute Gasteiger partial charge is 0.322 e. The maximum atomic E-state index is 13.9. The molecule has 0 saturated carbocycles. The molecule has 0 radical (unpaired) electrons. The maximum Gasteiger partial charge on any atom is 0.130 e. The van der Waals surface area contributed by atoms with Gasteiger partial charge in [-0.3, -0.25) is 4.90 Å². The number of hydrogen-bond donors (Lipinski definition) is 1. The van der Waals surface area contributed by atoms with Crippen molar-refractivity contribution in [1.82, 2.24) is 4.90 Å². The van der Waals surface area contributed by atoms with Crippen molar-refractivity contribution in [2.24, 2.45) is 5.73 Å². The molecule has 106 valence electrons. The molecule has 1 aliphatic heterocycles. The van der Waals surface area contributed by atoms with Gasteiger partial charge < -0.3 is 5.73 Å². The summed E-state index contributed by atoms with van der Waals surface area (Å²) in [5.41, 5.74) is 6.30. The number of halogens is 2. The van der Waals surface area contributed by atoms with Gasteiger partial charge in [0, 0.05) is 17.2 Å². The number of hydrogen-bond acceptors (Lipinski definition) is 2. The Morgan fingerprint density at radius 3 is 2.37 bits per heavy atom. The highest BCUT2D eigenvalue weighted by Gasteiger charge is 2.35. The average molecular weight is 268 g/mol. The molecule has 1 unspecified atom stereocenters. The van der Waals surface area contributed by atoms with Crippen LogP contribution >= 0.6 is 0 Å². The molecule has 2 N–H and O–H groups in total. The number of rotatable bonds is 3. The third-order valence-electron chi connectivity index (χ3n) is 4.23. The van der Waals surface area contributed by atoms with Gasteiger partial charge in [0.2, 0.25) is 0 Å². The van der Waals surface area contributed by atoms with Crippen LogP contribution in [0.3, 0.4) is 0 Å².